The molecule has 39 heavy (non-hydrogen) atoms. The highest BCUT2D eigenvalue weighted by Gasteiger charge is 2.27. The number of aliphatic hydroxyl groups is 1. The van der Waals surface area contributed by atoms with Crippen molar-refractivity contribution in [1.29, 1.82) is 0 Å². The Morgan fingerprint density at radius 3 is 2.31 bits per heavy atom. The Kier molecular flexibility index (Phi) is 7.34. The van der Waals surface area contributed by atoms with Crippen molar-refractivity contribution in [1.82, 2.24) is 18.7 Å². The second kappa shape index (κ2) is 10.9. The molecule has 0 saturated carbocycles. The molecule has 1 aliphatic rings. The third-order valence-electron chi connectivity index (χ3n) is 7.15. The van der Waals surface area contributed by atoms with Crippen LogP contribution in [0, 0.1) is 6.92 Å². The number of imidazole rings is 1. The van der Waals surface area contributed by atoms with Gasteiger partial charge in [-0.25, -0.2) is 4.79 Å². The van der Waals surface area contributed by atoms with Crippen molar-refractivity contribution < 1.29 is 14.6 Å². The average Bonchev–Trinajstić information content (AvgIpc) is 3.33. The van der Waals surface area contributed by atoms with Gasteiger partial charge in [0.25, 0.3) is 5.56 Å². The van der Waals surface area contributed by atoms with Crippen molar-refractivity contribution in [3.8, 4) is 11.5 Å². The van der Waals surface area contributed by atoms with E-state index in [9.17, 15) is 14.7 Å². The lowest BCUT2D eigenvalue weighted by Gasteiger charge is -2.37. The molecule has 1 aliphatic heterocycles. The molecule has 206 valence electrons. The number of rotatable bonds is 8. The van der Waals surface area contributed by atoms with Crippen LogP contribution in [0.1, 0.15) is 5.56 Å². The summed E-state index contributed by atoms with van der Waals surface area (Å²) in [5.41, 5.74) is 1.84. The van der Waals surface area contributed by atoms with Crippen LogP contribution in [-0.2, 0) is 20.6 Å². The van der Waals surface area contributed by atoms with Crippen molar-refractivity contribution in [2.75, 3.05) is 49.7 Å². The molecule has 4 aromatic rings. The smallest absolute Gasteiger partial charge is 0.332 e. The molecule has 2 aromatic carbocycles. The second-order valence-electron chi connectivity index (χ2n) is 9.85. The highest BCUT2D eigenvalue weighted by Crippen LogP contribution is 2.25. The van der Waals surface area contributed by atoms with Gasteiger partial charge in [-0.05, 0) is 48.9 Å². The number of aromatic nitrogens is 4. The molecule has 11 heteroatoms. The van der Waals surface area contributed by atoms with E-state index in [1.54, 1.807) is 18.7 Å². The summed E-state index contributed by atoms with van der Waals surface area (Å²) in [6.07, 6.45) is -0.913. The van der Waals surface area contributed by atoms with Crippen LogP contribution in [0.5, 0.6) is 11.5 Å². The molecule has 0 bridgehead atoms. The second-order valence-corrected chi connectivity index (χ2v) is 9.85. The molecule has 3 heterocycles. The molecule has 1 fully saturated rings. The van der Waals surface area contributed by atoms with Gasteiger partial charge in [-0.1, -0.05) is 12.1 Å². The summed E-state index contributed by atoms with van der Waals surface area (Å²) in [6.45, 7) is 4.89. The number of benzene rings is 2. The van der Waals surface area contributed by atoms with Crippen LogP contribution in [0.2, 0.25) is 0 Å². The number of ether oxygens (including phenoxy) is 2. The summed E-state index contributed by atoms with van der Waals surface area (Å²) in [4.78, 5) is 35.0. The minimum Gasteiger partial charge on any atom is -0.497 e. The predicted molar refractivity (Wildman–Crippen MR) is 150 cm³/mol. The van der Waals surface area contributed by atoms with Gasteiger partial charge in [0.15, 0.2) is 11.2 Å². The van der Waals surface area contributed by atoms with Crippen LogP contribution in [0.4, 0.5) is 11.6 Å². The molecular weight excluding hydrogens is 500 g/mol. The van der Waals surface area contributed by atoms with Gasteiger partial charge in [-0.3, -0.25) is 13.9 Å². The van der Waals surface area contributed by atoms with Gasteiger partial charge in [0.05, 0.1) is 13.7 Å². The number of hydrogen-bond donors (Lipinski definition) is 1. The third kappa shape index (κ3) is 5.22. The minimum atomic E-state index is -0.913. The Balaban J connectivity index is 1.42. The maximum atomic E-state index is 13.2. The Hall–Kier alpha value is -4.25. The fraction of sp³-hybridized carbons (Fsp3) is 0.393. The number of piperazine rings is 1. The molecule has 0 aliphatic carbocycles. The molecule has 0 amide bonds. The first-order chi connectivity index (χ1) is 18.8. The van der Waals surface area contributed by atoms with Crippen molar-refractivity contribution in [3.05, 3.63) is 74.9 Å². The molecule has 1 saturated heterocycles. The molecular formula is C28H34N6O5. The lowest BCUT2D eigenvalue weighted by atomic mass is 10.2. The first-order valence-electron chi connectivity index (χ1n) is 12.9. The van der Waals surface area contributed by atoms with Crippen molar-refractivity contribution in [2.24, 2.45) is 14.1 Å². The summed E-state index contributed by atoms with van der Waals surface area (Å²) >= 11 is 0. The SMILES string of the molecule is COc1ccc(N2CCN(c3nc4c(c(=O)n(C)c(=O)n4C)n3CC(O)COc3cccc(C)c3)CC2)cc1. The Morgan fingerprint density at radius 1 is 0.949 bits per heavy atom. The molecule has 1 unspecified atom stereocenters. The highest BCUT2D eigenvalue weighted by molar-refractivity contribution is 5.74. The number of methoxy groups -OCH3 is 1. The maximum absolute atomic E-state index is 13.2. The van der Waals surface area contributed by atoms with Crippen LogP contribution < -0.4 is 30.5 Å². The van der Waals surface area contributed by atoms with E-state index in [2.05, 4.69) is 9.80 Å². The monoisotopic (exact) mass is 534 g/mol. The molecule has 1 atom stereocenters. The van der Waals surface area contributed by atoms with Crippen LogP contribution in [0.15, 0.2) is 58.1 Å². The summed E-state index contributed by atoms with van der Waals surface area (Å²) in [7, 11) is 4.70. The molecule has 0 radical (unpaired) electrons. The number of nitrogens with zero attached hydrogens (tertiary/aromatic N) is 6. The first-order valence-corrected chi connectivity index (χ1v) is 12.9. The van der Waals surface area contributed by atoms with E-state index in [1.165, 1.54) is 11.6 Å². The van der Waals surface area contributed by atoms with Gasteiger partial charge >= 0.3 is 5.69 Å². The molecule has 0 spiro atoms. The van der Waals surface area contributed by atoms with Crippen LogP contribution in [-0.4, -0.2) is 69.8 Å². The maximum Gasteiger partial charge on any atom is 0.332 e. The molecule has 5 rings (SSSR count). The molecule has 11 nitrogen and oxygen atoms in total. The lowest BCUT2D eigenvalue weighted by molar-refractivity contribution is 0.0936. The van der Waals surface area contributed by atoms with Crippen LogP contribution >= 0.6 is 0 Å². The number of aryl methyl sites for hydroxylation is 2. The van der Waals surface area contributed by atoms with Gasteiger partial charge in [-0.15, -0.1) is 0 Å². The van der Waals surface area contributed by atoms with Crippen LogP contribution in [0.25, 0.3) is 11.2 Å². The van der Waals surface area contributed by atoms with Gasteiger partial charge in [0, 0.05) is 46.0 Å². The molecule has 2 aromatic heterocycles. The van der Waals surface area contributed by atoms with Gasteiger partial charge in [0.1, 0.15) is 24.2 Å². The van der Waals surface area contributed by atoms with Gasteiger partial charge in [-0.2, -0.15) is 4.98 Å². The van der Waals surface area contributed by atoms with E-state index in [1.807, 2.05) is 55.5 Å². The Morgan fingerprint density at radius 2 is 1.64 bits per heavy atom. The first kappa shape index (κ1) is 26.4. The van der Waals surface area contributed by atoms with Gasteiger partial charge in [0.2, 0.25) is 5.95 Å². The predicted octanol–water partition coefficient (Wildman–Crippen LogP) is 1.52. The summed E-state index contributed by atoms with van der Waals surface area (Å²) in [5.74, 6) is 2.02. The van der Waals surface area contributed by atoms with Crippen molar-refractivity contribution >= 4 is 22.8 Å². The number of hydrogen-bond acceptors (Lipinski definition) is 8. The largest absolute Gasteiger partial charge is 0.497 e. The highest BCUT2D eigenvalue weighted by atomic mass is 16.5. The number of fused-ring (bicyclic) bond motifs is 1. The summed E-state index contributed by atoms with van der Waals surface area (Å²) in [5, 5.41) is 11.0. The lowest BCUT2D eigenvalue weighted by Crippen LogP contribution is -2.47. The van der Waals surface area contributed by atoms with E-state index >= 15 is 0 Å². The van der Waals surface area contributed by atoms with E-state index in [0.717, 1.165) is 34.7 Å². The van der Waals surface area contributed by atoms with E-state index in [4.69, 9.17) is 14.5 Å². The van der Waals surface area contributed by atoms with E-state index in [-0.39, 0.29) is 18.7 Å². The Labute approximate surface area is 226 Å². The zero-order chi connectivity index (χ0) is 27.7. The average molecular weight is 535 g/mol. The fourth-order valence-electron chi connectivity index (χ4n) is 4.97. The summed E-state index contributed by atoms with van der Waals surface area (Å²) in [6, 6.07) is 15.6. The zero-order valence-corrected chi connectivity index (χ0v) is 22.7. The molecule has 1 N–H and O–H groups in total. The number of anilines is 2. The van der Waals surface area contributed by atoms with E-state index in [0.29, 0.717) is 30.4 Å². The van der Waals surface area contributed by atoms with Gasteiger partial charge < -0.3 is 28.9 Å². The minimum absolute atomic E-state index is 0.0416. The zero-order valence-electron chi connectivity index (χ0n) is 22.7. The number of aliphatic hydroxyl groups excluding tert-OH is 1. The fourth-order valence-corrected chi connectivity index (χ4v) is 4.97. The Bertz CT molecular complexity index is 1580. The normalized spacial score (nSPS) is 14.6. The third-order valence-corrected chi connectivity index (χ3v) is 7.15. The van der Waals surface area contributed by atoms with Crippen molar-refractivity contribution in [2.45, 2.75) is 19.6 Å². The summed E-state index contributed by atoms with van der Waals surface area (Å²) < 4.78 is 15.3. The van der Waals surface area contributed by atoms with Crippen molar-refractivity contribution in [3.63, 3.8) is 0 Å². The van der Waals surface area contributed by atoms with E-state index < -0.39 is 17.4 Å². The quantitative estimate of drug-likeness (QED) is 0.363. The van der Waals surface area contributed by atoms with Crippen LogP contribution in [0.3, 0.4) is 0 Å². The standard InChI is InChI=1S/C28H34N6O5/c1-19-6-5-7-23(16-19)39-18-21(35)17-34-24-25(30(2)28(37)31(3)26(24)36)29-27(34)33-14-12-32(13-15-33)20-8-10-22(38-4)11-9-20/h5-11,16,21,35H,12-15,17-18H2,1-4H3. The topological polar surface area (TPSA) is 107 Å².